The van der Waals surface area contributed by atoms with Crippen LogP contribution >= 0.6 is 11.8 Å². The number of nitrogens with zero attached hydrogens (tertiary/aromatic N) is 4. The summed E-state index contributed by atoms with van der Waals surface area (Å²) in [5.41, 5.74) is 2.94. The second kappa shape index (κ2) is 7.92. The van der Waals surface area contributed by atoms with E-state index in [2.05, 4.69) is 20.4 Å². The summed E-state index contributed by atoms with van der Waals surface area (Å²) in [5, 5.41) is 8.39. The first kappa shape index (κ1) is 18.5. The molecule has 0 unspecified atom stereocenters. The molecule has 0 aliphatic heterocycles. The van der Waals surface area contributed by atoms with Gasteiger partial charge in [0.2, 0.25) is 0 Å². The zero-order chi connectivity index (χ0) is 18.7. The summed E-state index contributed by atoms with van der Waals surface area (Å²) >= 11 is 1.50. The average molecular weight is 375 g/mol. The van der Waals surface area contributed by atoms with Crippen LogP contribution in [0.1, 0.15) is 29.8 Å². The van der Waals surface area contributed by atoms with E-state index in [1.54, 1.807) is 18.6 Å². The number of hydrogen-bond acceptors (Lipinski definition) is 5. The first-order valence-corrected chi connectivity index (χ1v) is 9.30. The fraction of sp³-hybridized carbons (Fsp3) is 0.278. The molecule has 1 N–H and O–H groups in total. The third kappa shape index (κ3) is 3.91. The Labute approximate surface area is 154 Å². The molecule has 0 spiro atoms. The number of rotatable bonds is 6. The number of aromatic nitrogens is 4. The van der Waals surface area contributed by atoms with Crippen LogP contribution in [0.3, 0.4) is 0 Å². The smallest absolute Gasteiger partial charge is 0.187 e. The topological polar surface area (TPSA) is 55.6 Å². The maximum Gasteiger partial charge on any atom is 0.187 e. The quantitative estimate of drug-likeness (QED) is 0.524. The molecule has 0 bridgehead atoms. The van der Waals surface area contributed by atoms with Gasteiger partial charge in [0.05, 0.1) is 6.20 Å². The summed E-state index contributed by atoms with van der Waals surface area (Å²) in [4.78, 5) is 8.50. The molecule has 0 fully saturated rings. The lowest BCUT2D eigenvalue weighted by Crippen LogP contribution is -2.19. The SMILES string of the molecule is CSc1ncc(CN[C@H](C)c2cnn(-c3ccc(F)cc3F)c2C)cn1. The Morgan fingerprint density at radius 3 is 2.58 bits per heavy atom. The monoisotopic (exact) mass is 375 g/mol. The molecule has 5 nitrogen and oxygen atoms in total. The highest BCUT2D eigenvalue weighted by atomic mass is 32.2. The summed E-state index contributed by atoms with van der Waals surface area (Å²) in [5.74, 6) is -1.25. The van der Waals surface area contributed by atoms with E-state index in [-0.39, 0.29) is 11.7 Å². The Kier molecular flexibility index (Phi) is 5.63. The minimum absolute atomic E-state index is 0.00696. The number of nitrogens with one attached hydrogen (secondary N) is 1. The maximum absolute atomic E-state index is 14.0. The molecule has 0 amide bonds. The van der Waals surface area contributed by atoms with Gasteiger partial charge >= 0.3 is 0 Å². The minimum atomic E-state index is -0.644. The van der Waals surface area contributed by atoms with Crippen LogP contribution < -0.4 is 5.32 Å². The van der Waals surface area contributed by atoms with Gasteiger partial charge in [-0.05, 0) is 32.2 Å². The molecule has 0 aliphatic carbocycles. The zero-order valence-corrected chi connectivity index (χ0v) is 15.5. The summed E-state index contributed by atoms with van der Waals surface area (Å²) in [6, 6.07) is 3.46. The van der Waals surface area contributed by atoms with Gasteiger partial charge in [0.15, 0.2) is 11.0 Å². The largest absolute Gasteiger partial charge is 0.306 e. The van der Waals surface area contributed by atoms with Crippen LogP contribution in [0.15, 0.2) is 41.9 Å². The second-order valence-corrected chi connectivity index (χ2v) is 6.65. The molecule has 1 atom stereocenters. The lowest BCUT2D eigenvalue weighted by atomic mass is 10.1. The highest BCUT2D eigenvalue weighted by Gasteiger charge is 2.16. The van der Waals surface area contributed by atoms with Crippen molar-refractivity contribution in [1.82, 2.24) is 25.1 Å². The number of benzene rings is 1. The van der Waals surface area contributed by atoms with Crippen molar-refractivity contribution in [3.05, 3.63) is 65.2 Å². The van der Waals surface area contributed by atoms with Crippen LogP contribution in [-0.2, 0) is 6.54 Å². The van der Waals surface area contributed by atoms with E-state index in [9.17, 15) is 8.78 Å². The number of hydrogen-bond donors (Lipinski definition) is 1. The van der Waals surface area contributed by atoms with Crippen LogP contribution in [0.25, 0.3) is 5.69 Å². The molecule has 0 saturated carbocycles. The van der Waals surface area contributed by atoms with Crippen LogP contribution in [0.2, 0.25) is 0 Å². The van der Waals surface area contributed by atoms with Crippen molar-refractivity contribution >= 4 is 11.8 Å². The zero-order valence-electron chi connectivity index (χ0n) is 14.7. The van der Waals surface area contributed by atoms with Gasteiger partial charge in [0.1, 0.15) is 11.5 Å². The molecular weight excluding hydrogens is 356 g/mol. The van der Waals surface area contributed by atoms with Crippen molar-refractivity contribution < 1.29 is 8.78 Å². The van der Waals surface area contributed by atoms with Gasteiger partial charge < -0.3 is 5.32 Å². The third-order valence-electron chi connectivity index (χ3n) is 4.13. The van der Waals surface area contributed by atoms with Gasteiger partial charge in [-0.1, -0.05) is 11.8 Å². The summed E-state index contributed by atoms with van der Waals surface area (Å²) in [6.07, 6.45) is 7.22. The lowest BCUT2D eigenvalue weighted by molar-refractivity contribution is 0.564. The third-order valence-corrected chi connectivity index (χ3v) is 4.70. The van der Waals surface area contributed by atoms with Gasteiger partial charge in [-0.15, -0.1) is 0 Å². The van der Waals surface area contributed by atoms with Crippen LogP contribution in [-0.4, -0.2) is 26.0 Å². The highest BCUT2D eigenvalue weighted by molar-refractivity contribution is 7.98. The van der Waals surface area contributed by atoms with Crippen molar-refractivity contribution in [2.24, 2.45) is 0 Å². The molecule has 0 saturated heterocycles. The van der Waals surface area contributed by atoms with Crippen LogP contribution in [0.5, 0.6) is 0 Å². The Balaban J connectivity index is 1.73. The van der Waals surface area contributed by atoms with Crippen molar-refractivity contribution in [3.8, 4) is 5.69 Å². The fourth-order valence-corrected chi connectivity index (χ4v) is 2.98. The molecular formula is C18H19F2N5S. The summed E-state index contributed by atoms with van der Waals surface area (Å²) < 4.78 is 28.6. The van der Waals surface area contributed by atoms with E-state index in [1.165, 1.54) is 28.6 Å². The molecule has 0 radical (unpaired) electrons. The van der Waals surface area contributed by atoms with Crippen molar-refractivity contribution in [1.29, 1.82) is 0 Å². The standard InChI is InChI=1S/C18H19F2N5S/c1-11(21-7-13-8-22-18(26-3)23-9-13)15-10-24-25(12(15)2)17-5-4-14(19)6-16(17)20/h4-6,8-11,21H,7H2,1-3H3/t11-/m1/s1. The molecule has 3 rings (SSSR count). The van der Waals surface area contributed by atoms with E-state index in [0.717, 1.165) is 28.0 Å². The minimum Gasteiger partial charge on any atom is -0.306 e. The average Bonchev–Trinajstić information content (AvgIpc) is 3.01. The first-order chi connectivity index (χ1) is 12.5. The number of halogens is 2. The van der Waals surface area contributed by atoms with E-state index in [0.29, 0.717) is 6.54 Å². The van der Waals surface area contributed by atoms with E-state index >= 15 is 0 Å². The molecule has 26 heavy (non-hydrogen) atoms. The molecule has 8 heteroatoms. The molecule has 136 valence electrons. The summed E-state index contributed by atoms with van der Waals surface area (Å²) in [7, 11) is 0. The molecule has 2 aromatic heterocycles. The van der Waals surface area contributed by atoms with Crippen LogP contribution in [0, 0.1) is 18.6 Å². The predicted molar refractivity (Wildman–Crippen MR) is 97.3 cm³/mol. The molecule has 3 aromatic rings. The second-order valence-electron chi connectivity index (χ2n) is 5.87. The normalized spacial score (nSPS) is 12.3. The van der Waals surface area contributed by atoms with Gasteiger partial charge in [0, 0.05) is 47.9 Å². The first-order valence-electron chi connectivity index (χ1n) is 8.08. The Morgan fingerprint density at radius 1 is 1.19 bits per heavy atom. The fourth-order valence-electron chi connectivity index (χ4n) is 2.66. The Hall–Kier alpha value is -2.32. The van der Waals surface area contributed by atoms with Gasteiger partial charge in [0.25, 0.3) is 0 Å². The van der Waals surface area contributed by atoms with E-state index in [4.69, 9.17) is 0 Å². The highest BCUT2D eigenvalue weighted by Crippen LogP contribution is 2.22. The van der Waals surface area contributed by atoms with Crippen LogP contribution in [0.4, 0.5) is 8.78 Å². The predicted octanol–water partition coefficient (Wildman–Crippen LogP) is 3.82. The number of thioether (sulfide) groups is 1. The molecule has 0 aliphatic rings. The summed E-state index contributed by atoms with van der Waals surface area (Å²) in [6.45, 7) is 4.47. The van der Waals surface area contributed by atoms with E-state index in [1.807, 2.05) is 20.1 Å². The van der Waals surface area contributed by atoms with Crippen molar-refractivity contribution in [2.45, 2.75) is 31.6 Å². The van der Waals surface area contributed by atoms with Gasteiger partial charge in [-0.25, -0.2) is 23.4 Å². The lowest BCUT2D eigenvalue weighted by Gasteiger charge is -2.14. The van der Waals surface area contributed by atoms with Gasteiger partial charge in [-0.2, -0.15) is 5.10 Å². The maximum atomic E-state index is 14.0. The Morgan fingerprint density at radius 2 is 1.92 bits per heavy atom. The Bertz CT molecular complexity index is 895. The van der Waals surface area contributed by atoms with Crippen molar-refractivity contribution in [3.63, 3.8) is 0 Å². The molecule has 2 heterocycles. The molecule has 1 aromatic carbocycles. The van der Waals surface area contributed by atoms with E-state index < -0.39 is 11.6 Å². The van der Waals surface area contributed by atoms with Crippen molar-refractivity contribution in [2.75, 3.05) is 6.26 Å². The van der Waals surface area contributed by atoms with Gasteiger partial charge in [-0.3, -0.25) is 0 Å².